The van der Waals surface area contributed by atoms with Crippen LogP contribution >= 0.6 is 0 Å². The average molecular weight is 713 g/mol. The first-order valence-electron chi connectivity index (χ1n) is 16.7. The summed E-state index contributed by atoms with van der Waals surface area (Å²) >= 11 is 0. The lowest BCUT2D eigenvalue weighted by Crippen LogP contribution is -2.43. The first kappa shape index (κ1) is 34.5. The molecule has 2 aliphatic rings. The standard InChI is InChI=1S/C19H19FN4O2.C18H16F2N4O2/c1-26-17-4-2-13(10-15(17)20)16-11-19(25)24-12-14(3-5-18(24)22-16)23-8-6-21-7-9-23;19-13-7-11(8-14(20)18(13)26)15-9-17(25)24-10-12(1-2-16(24)22-15)23-5-3-21-4-6-23/h2-5,10-12,21H,6-9H2,1H3;1-2,7-10,21,26H,3-6H2. The summed E-state index contributed by atoms with van der Waals surface area (Å²) in [5, 5.41) is 15.8. The van der Waals surface area contributed by atoms with Gasteiger partial charge in [-0.3, -0.25) is 18.4 Å². The van der Waals surface area contributed by atoms with E-state index in [2.05, 4.69) is 30.4 Å². The van der Waals surface area contributed by atoms with Crippen LogP contribution < -0.4 is 36.3 Å². The Morgan fingerprint density at radius 2 is 1.10 bits per heavy atom. The molecule has 12 nitrogen and oxygen atoms in total. The highest BCUT2D eigenvalue weighted by atomic mass is 19.1. The molecule has 2 saturated heterocycles. The lowest BCUT2D eigenvalue weighted by atomic mass is 10.1. The third kappa shape index (κ3) is 7.13. The number of aromatic hydroxyl groups is 1. The quantitative estimate of drug-likeness (QED) is 0.244. The van der Waals surface area contributed by atoms with Crippen LogP contribution in [0.15, 0.2) is 88.7 Å². The molecule has 0 atom stereocenters. The van der Waals surface area contributed by atoms with Gasteiger partial charge in [0.2, 0.25) is 0 Å². The van der Waals surface area contributed by atoms with Gasteiger partial charge in [-0.15, -0.1) is 0 Å². The van der Waals surface area contributed by atoms with Crippen molar-refractivity contribution in [3.8, 4) is 34.0 Å². The Morgan fingerprint density at radius 3 is 1.56 bits per heavy atom. The van der Waals surface area contributed by atoms with E-state index in [1.54, 1.807) is 18.3 Å². The minimum atomic E-state index is -1.10. The molecule has 0 unspecified atom stereocenters. The van der Waals surface area contributed by atoms with Crippen molar-refractivity contribution in [2.45, 2.75) is 0 Å². The van der Waals surface area contributed by atoms with Gasteiger partial charge in [-0.25, -0.2) is 23.1 Å². The van der Waals surface area contributed by atoms with Crippen LogP contribution in [-0.4, -0.2) is 83.3 Å². The summed E-state index contributed by atoms with van der Waals surface area (Å²) in [5.74, 6) is -3.58. The SMILES string of the molecule is COc1ccc(-c2cc(=O)n3cc(N4CCNCC4)ccc3n2)cc1F.O=c1cc(-c2cc(F)c(O)c(F)c2)nc2ccc(N3CCNCC3)cn12. The summed E-state index contributed by atoms with van der Waals surface area (Å²) in [5.41, 5.74) is 3.47. The number of piperazine rings is 2. The normalized spacial score (nSPS) is 14.7. The van der Waals surface area contributed by atoms with Crippen molar-refractivity contribution < 1.29 is 23.0 Å². The number of methoxy groups -OCH3 is 1. The molecule has 6 heterocycles. The van der Waals surface area contributed by atoms with Crippen LogP contribution in [0.1, 0.15) is 0 Å². The number of pyridine rings is 2. The van der Waals surface area contributed by atoms with Gasteiger partial charge >= 0.3 is 0 Å². The van der Waals surface area contributed by atoms with Crippen LogP contribution in [0.25, 0.3) is 33.8 Å². The van der Waals surface area contributed by atoms with Crippen LogP contribution in [-0.2, 0) is 0 Å². The molecule has 0 aliphatic carbocycles. The van der Waals surface area contributed by atoms with Gasteiger partial charge in [0.05, 0.1) is 29.9 Å². The molecular weight excluding hydrogens is 677 g/mol. The van der Waals surface area contributed by atoms with Gasteiger partial charge in [0.1, 0.15) is 11.3 Å². The molecule has 2 fully saturated rings. The zero-order valence-electron chi connectivity index (χ0n) is 28.2. The zero-order chi connectivity index (χ0) is 36.4. The molecular formula is C37H35F3N8O4. The number of halogens is 3. The number of hydrogen-bond acceptors (Lipinski definition) is 10. The highest BCUT2D eigenvalue weighted by Crippen LogP contribution is 2.28. The number of rotatable bonds is 5. The van der Waals surface area contributed by atoms with E-state index < -0.39 is 23.2 Å². The van der Waals surface area contributed by atoms with Gasteiger partial charge < -0.3 is 30.3 Å². The molecule has 2 aromatic carbocycles. The minimum absolute atomic E-state index is 0.0866. The van der Waals surface area contributed by atoms with E-state index in [0.29, 0.717) is 22.6 Å². The van der Waals surface area contributed by atoms with Crippen LogP contribution in [0.3, 0.4) is 0 Å². The Hall–Kier alpha value is -5.93. The predicted molar refractivity (Wildman–Crippen MR) is 192 cm³/mol. The zero-order valence-corrected chi connectivity index (χ0v) is 28.2. The molecule has 15 heteroatoms. The minimum Gasteiger partial charge on any atom is -0.503 e. The lowest BCUT2D eigenvalue weighted by molar-refractivity contribution is 0.386. The first-order valence-corrected chi connectivity index (χ1v) is 16.7. The van der Waals surface area contributed by atoms with Gasteiger partial charge in [0.15, 0.2) is 29.0 Å². The average Bonchev–Trinajstić information content (AvgIpc) is 3.17. The number of phenols is 1. The van der Waals surface area contributed by atoms with Crippen LogP contribution in [0.2, 0.25) is 0 Å². The number of nitrogens with zero attached hydrogens (tertiary/aromatic N) is 6. The molecule has 4 aromatic heterocycles. The summed E-state index contributed by atoms with van der Waals surface area (Å²) < 4.78 is 49.0. The van der Waals surface area contributed by atoms with Crippen LogP contribution in [0.5, 0.6) is 11.5 Å². The maximum Gasteiger partial charge on any atom is 0.258 e. The van der Waals surface area contributed by atoms with Gasteiger partial charge in [0, 0.05) is 88.0 Å². The number of anilines is 2. The fraction of sp³-hybridized carbons (Fsp3) is 0.243. The summed E-state index contributed by atoms with van der Waals surface area (Å²) in [6, 6.07) is 16.5. The molecule has 0 spiro atoms. The number of fused-ring (bicyclic) bond motifs is 2. The molecule has 2 aliphatic heterocycles. The molecule has 0 amide bonds. The molecule has 0 bridgehead atoms. The van der Waals surface area contributed by atoms with Crippen molar-refractivity contribution >= 4 is 22.7 Å². The second-order valence-electron chi connectivity index (χ2n) is 12.3. The third-order valence-corrected chi connectivity index (χ3v) is 9.01. The van der Waals surface area contributed by atoms with Crippen LogP contribution in [0.4, 0.5) is 24.5 Å². The Kier molecular flexibility index (Phi) is 9.78. The van der Waals surface area contributed by atoms with E-state index in [1.807, 2.05) is 24.4 Å². The topological polar surface area (TPSA) is 129 Å². The van der Waals surface area contributed by atoms with Crippen molar-refractivity contribution in [1.29, 1.82) is 0 Å². The van der Waals surface area contributed by atoms with E-state index in [4.69, 9.17) is 4.74 Å². The second kappa shape index (κ2) is 14.7. The second-order valence-corrected chi connectivity index (χ2v) is 12.3. The smallest absolute Gasteiger partial charge is 0.258 e. The van der Waals surface area contributed by atoms with Gasteiger partial charge in [-0.1, -0.05) is 0 Å². The van der Waals surface area contributed by atoms with Crippen molar-refractivity contribution in [2.75, 3.05) is 69.3 Å². The van der Waals surface area contributed by atoms with E-state index in [-0.39, 0.29) is 28.1 Å². The lowest BCUT2D eigenvalue weighted by Gasteiger charge is -2.29. The number of phenolic OH excluding ortho intramolecular Hbond substituents is 1. The molecule has 52 heavy (non-hydrogen) atoms. The van der Waals surface area contributed by atoms with Crippen molar-refractivity contribution in [2.24, 2.45) is 0 Å². The number of nitrogens with one attached hydrogen (secondary N) is 2. The number of ether oxygens (including phenoxy) is 1. The van der Waals surface area contributed by atoms with Gasteiger partial charge in [0.25, 0.3) is 11.1 Å². The first-order chi connectivity index (χ1) is 25.2. The highest BCUT2D eigenvalue weighted by molar-refractivity contribution is 5.65. The molecule has 6 aromatic rings. The number of benzene rings is 2. The number of aromatic nitrogens is 4. The summed E-state index contributed by atoms with van der Waals surface area (Å²) in [4.78, 5) is 38.3. The van der Waals surface area contributed by atoms with Gasteiger partial charge in [-0.05, 0) is 54.6 Å². The maximum absolute atomic E-state index is 14.0. The Labute approximate surface area is 295 Å². The fourth-order valence-corrected chi connectivity index (χ4v) is 6.24. The monoisotopic (exact) mass is 712 g/mol. The third-order valence-electron chi connectivity index (χ3n) is 9.01. The summed E-state index contributed by atoms with van der Waals surface area (Å²) in [6.45, 7) is 7.09. The molecule has 3 N–H and O–H groups in total. The van der Waals surface area contributed by atoms with Gasteiger partial charge in [-0.2, -0.15) is 0 Å². The Bertz CT molecular complexity index is 2370. The summed E-state index contributed by atoms with van der Waals surface area (Å²) in [6.07, 6.45) is 3.53. The van der Waals surface area contributed by atoms with Crippen molar-refractivity contribution in [1.82, 2.24) is 29.4 Å². The molecule has 8 rings (SSSR count). The van der Waals surface area contributed by atoms with E-state index >= 15 is 0 Å². The molecule has 0 radical (unpaired) electrons. The van der Waals surface area contributed by atoms with E-state index in [9.17, 15) is 27.9 Å². The largest absolute Gasteiger partial charge is 0.503 e. The van der Waals surface area contributed by atoms with E-state index in [1.165, 1.54) is 40.2 Å². The Morgan fingerprint density at radius 1 is 0.635 bits per heavy atom. The fourth-order valence-electron chi connectivity index (χ4n) is 6.24. The van der Waals surface area contributed by atoms with E-state index in [0.717, 1.165) is 75.9 Å². The molecule has 268 valence electrons. The Balaban J connectivity index is 0.000000162. The van der Waals surface area contributed by atoms with Crippen LogP contribution in [0, 0.1) is 17.5 Å². The maximum atomic E-state index is 14.0. The predicted octanol–water partition coefficient (Wildman–Crippen LogP) is 3.67. The number of hydrogen-bond donors (Lipinski definition) is 3. The van der Waals surface area contributed by atoms with Crippen molar-refractivity contribution in [3.05, 3.63) is 117 Å². The summed E-state index contributed by atoms with van der Waals surface area (Å²) in [7, 11) is 1.41. The molecule has 0 saturated carbocycles. The highest BCUT2D eigenvalue weighted by Gasteiger charge is 2.16. The van der Waals surface area contributed by atoms with Crippen molar-refractivity contribution in [3.63, 3.8) is 0 Å².